The van der Waals surface area contributed by atoms with Crippen molar-refractivity contribution in [3.63, 3.8) is 0 Å². The van der Waals surface area contributed by atoms with E-state index in [0.717, 1.165) is 25.2 Å². The molecule has 1 aromatic carbocycles. The lowest BCUT2D eigenvalue weighted by Gasteiger charge is -2.02. The Morgan fingerprint density at radius 1 is 1.45 bits per heavy atom. The first kappa shape index (κ1) is 6.71. The minimum absolute atomic E-state index is 0.840. The van der Waals surface area contributed by atoms with Crippen LogP contribution in [0.1, 0.15) is 11.1 Å². The Bertz CT molecular complexity index is 266. The predicted molar refractivity (Wildman–Crippen MR) is 44.7 cm³/mol. The van der Waals surface area contributed by atoms with Gasteiger partial charge in [-0.25, -0.2) is 0 Å². The van der Waals surface area contributed by atoms with Gasteiger partial charge >= 0.3 is 0 Å². The monoisotopic (exact) mass is 147 g/mol. The van der Waals surface area contributed by atoms with Crippen LogP contribution < -0.4 is 4.74 Å². The summed E-state index contributed by atoms with van der Waals surface area (Å²) in [4.78, 5) is 0. The molecule has 0 unspecified atom stereocenters. The summed E-state index contributed by atoms with van der Waals surface area (Å²) in [5.74, 6) is 1.06. The molecule has 0 saturated carbocycles. The Balaban J connectivity index is 2.50. The van der Waals surface area contributed by atoms with Gasteiger partial charge in [-0.1, -0.05) is 12.1 Å². The van der Waals surface area contributed by atoms with Gasteiger partial charge in [0.25, 0.3) is 0 Å². The third-order valence-electron chi connectivity index (χ3n) is 2.11. The van der Waals surface area contributed by atoms with Crippen LogP contribution >= 0.6 is 0 Å². The van der Waals surface area contributed by atoms with E-state index in [1.54, 1.807) is 0 Å². The number of rotatable bonds is 1. The highest BCUT2D eigenvalue weighted by Gasteiger charge is 2.13. The molecule has 0 N–H and O–H groups in total. The molecule has 1 nitrogen and oxygen atoms in total. The van der Waals surface area contributed by atoms with Gasteiger partial charge in [-0.15, -0.1) is 0 Å². The maximum Gasteiger partial charge on any atom is 0.122 e. The van der Waals surface area contributed by atoms with Gasteiger partial charge in [-0.05, 0) is 25.0 Å². The maximum absolute atomic E-state index is 5.41. The molecule has 1 aliphatic heterocycles. The van der Waals surface area contributed by atoms with Crippen molar-refractivity contribution in [2.75, 3.05) is 6.61 Å². The van der Waals surface area contributed by atoms with Crippen LogP contribution in [-0.2, 0) is 12.8 Å². The summed E-state index contributed by atoms with van der Waals surface area (Å²) in [7, 11) is 0. The number of fused-ring (bicyclic) bond motifs is 1. The first-order chi connectivity index (χ1) is 5.42. The van der Waals surface area contributed by atoms with Crippen molar-refractivity contribution in [3.8, 4) is 5.75 Å². The number of hydrogen-bond donors (Lipinski definition) is 0. The molecule has 1 heterocycles. The molecule has 2 rings (SSSR count). The molecule has 0 bridgehead atoms. The van der Waals surface area contributed by atoms with Gasteiger partial charge in [0.1, 0.15) is 5.75 Å². The van der Waals surface area contributed by atoms with Crippen LogP contribution in [0.3, 0.4) is 0 Å². The zero-order valence-corrected chi connectivity index (χ0v) is 6.47. The second-order valence-corrected chi connectivity index (χ2v) is 2.74. The molecule has 0 saturated heterocycles. The summed E-state index contributed by atoms with van der Waals surface area (Å²) in [5.41, 5.74) is 2.70. The molecule has 57 valence electrons. The van der Waals surface area contributed by atoms with Crippen molar-refractivity contribution in [1.29, 1.82) is 0 Å². The molecular formula is C10H11O. The Morgan fingerprint density at radius 2 is 2.36 bits per heavy atom. The Morgan fingerprint density at radius 3 is 3.18 bits per heavy atom. The maximum atomic E-state index is 5.41. The first-order valence-corrected chi connectivity index (χ1v) is 3.94. The van der Waals surface area contributed by atoms with Crippen LogP contribution in [0.15, 0.2) is 18.2 Å². The van der Waals surface area contributed by atoms with Crippen molar-refractivity contribution >= 4 is 0 Å². The quantitative estimate of drug-likeness (QED) is 0.590. The van der Waals surface area contributed by atoms with Gasteiger partial charge in [-0.2, -0.15) is 0 Å². The lowest BCUT2D eigenvalue weighted by atomic mass is 10.0. The van der Waals surface area contributed by atoms with Crippen LogP contribution in [0.5, 0.6) is 5.75 Å². The van der Waals surface area contributed by atoms with E-state index in [4.69, 9.17) is 4.74 Å². The van der Waals surface area contributed by atoms with E-state index in [-0.39, 0.29) is 0 Å². The summed E-state index contributed by atoms with van der Waals surface area (Å²) in [5, 5.41) is 0. The van der Waals surface area contributed by atoms with Gasteiger partial charge in [0.05, 0.1) is 6.61 Å². The predicted octanol–water partition coefficient (Wildman–Crippen LogP) is 2.00. The van der Waals surface area contributed by atoms with Crippen molar-refractivity contribution in [3.05, 3.63) is 36.2 Å². The van der Waals surface area contributed by atoms with E-state index in [0.29, 0.717) is 0 Å². The fraction of sp³-hybridized carbons (Fsp3) is 0.300. The summed E-state index contributed by atoms with van der Waals surface area (Å²) in [6, 6.07) is 6.19. The Kier molecular flexibility index (Phi) is 1.57. The molecule has 0 atom stereocenters. The van der Waals surface area contributed by atoms with Crippen LogP contribution in [0, 0.1) is 6.92 Å². The lowest BCUT2D eigenvalue weighted by molar-refractivity contribution is 0.357. The zero-order valence-electron chi connectivity index (χ0n) is 6.47. The minimum atomic E-state index is 0.840. The van der Waals surface area contributed by atoms with Gasteiger partial charge < -0.3 is 4.74 Å². The zero-order chi connectivity index (χ0) is 7.68. The average Bonchev–Trinajstić information content (AvgIpc) is 2.50. The number of benzene rings is 1. The van der Waals surface area contributed by atoms with Crippen molar-refractivity contribution < 1.29 is 4.74 Å². The molecule has 0 aromatic heterocycles. The largest absolute Gasteiger partial charge is 0.493 e. The third kappa shape index (κ3) is 1.01. The minimum Gasteiger partial charge on any atom is -0.493 e. The standard InChI is InChI=1S/C10H11O/c1-2-8-4-3-5-10-9(8)6-7-11-10/h3-5H,1-2,6-7H2. The second kappa shape index (κ2) is 2.57. The fourth-order valence-electron chi connectivity index (χ4n) is 1.53. The molecule has 0 aliphatic carbocycles. The Labute approximate surface area is 67.0 Å². The normalized spacial score (nSPS) is 14.3. The van der Waals surface area contributed by atoms with E-state index < -0.39 is 0 Å². The topological polar surface area (TPSA) is 9.23 Å². The highest BCUT2D eigenvalue weighted by atomic mass is 16.5. The van der Waals surface area contributed by atoms with Crippen LogP contribution in [0.2, 0.25) is 0 Å². The number of hydrogen-bond acceptors (Lipinski definition) is 1. The highest BCUT2D eigenvalue weighted by Crippen LogP contribution is 2.27. The van der Waals surface area contributed by atoms with E-state index in [1.165, 1.54) is 11.1 Å². The molecule has 1 heteroatoms. The van der Waals surface area contributed by atoms with Crippen molar-refractivity contribution in [2.24, 2.45) is 0 Å². The van der Waals surface area contributed by atoms with Gasteiger partial charge in [0.15, 0.2) is 0 Å². The third-order valence-corrected chi connectivity index (χ3v) is 2.11. The molecule has 0 spiro atoms. The summed E-state index contributed by atoms with van der Waals surface area (Å²) < 4.78 is 5.41. The summed E-state index contributed by atoms with van der Waals surface area (Å²) in [6.07, 6.45) is 1.92. The second-order valence-electron chi connectivity index (χ2n) is 2.74. The summed E-state index contributed by atoms with van der Waals surface area (Å²) in [6.45, 7) is 4.72. The lowest BCUT2D eigenvalue weighted by Crippen LogP contribution is -1.88. The van der Waals surface area contributed by atoms with E-state index >= 15 is 0 Å². The molecule has 1 aliphatic rings. The van der Waals surface area contributed by atoms with E-state index in [1.807, 2.05) is 12.1 Å². The van der Waals surface area contributed by atoms with Crippen molar-refractivity contribution in [1.82, 2.24) is 0 Å². The molecule has 1 aromatic rings. The smallest absolute Gasteiger partial charge is 0.122 e. The molecule has 1 radical (unpaired) electrons. The fourth-order valence-corrected chi connectivity index (χ4v) is 1.53. The average molecular weight is 147 g/mol. The SMILES string of the molecule is [CH2]Cc1cccc2c1CCO2. The van der Waals surface area contributed by atoms with Crippen LogP contribution in [0.25, 0.3) is 0 Å². The number of ether oxygens (including phenoxy) is 1. The van der Waals surface area contributed by atoms with Crippen molar-refractivity contribution in [2.45, 2.75) is 12.8 Å². The Hall–Kier alpha value is -0.980. The molecule has 0 fully saturated rings. The van der Waals surface area contributed by atoms with E-state index in [2.05, 4.69) is 13.0 Å². The van der Waals surface area contributed by atoms with Gasteiger partial charge in [-0.3, -0.25) is 0 Å². The molecule has 0 amide bonds. The van der Waals surface area contributed by atoms with Crippen LogP contribution in [0.4, 0.5) is 0 Å². The highest BCUT2D eigenvalue weighted by molar-refractivity contribution is 5.42. The molecular weight excluding hydrogens is 136 g/mol. The summed E-state index contributed by atoms with van der Waals surface area (Å²) >= 11 is 0. The van der Waals surface area contributed by atoms with E-state index in [9.17, 15) is 0 Å². The molecule has 11 heavy (non-hydrogen) atoms. The van der Waals surface area contributed by atoms with Gasteiger partial charge in [0.2, 0.25) is 0 Å². The van der Waals surface area contributed by atoms with Gasteiger partial charge in [0, 0.05) is 12.0 Å². The van der Waals surface area contributed by atoms with Crippen LogP contribution in [-0.4, -0.2) is 6.61 Å². The first-order valence-electron chi connectivity index (χ1n) is 3.94.